The van der Waals surface area contributed by atoms with Crippen LogP contribution >= 0.6 is 23.7 Å². The lowest BCUT2D eigenvalue weighted by Crippen LogP contribution is -2.43. The van der Waals surface area contributed by atoms with Crippen molar-refractivity contribution >= 4 is 64.7 Å². The van der Waals surface area contributed by atoms with Gasteiger partial charge < -0.3 is 4.74 Å². The normalized spacial score (nSPS) is 15.0. The Bertz CT molecular complexity index is 1470. The van der Waals surface area contributed by atoms with E-state index in [1.165, 1.54) is 46.6 Å². The number of hydrogen-bond acceptors (Lipinski definition) is 9. The summed E-state index contributed by atoms with van der Waals surface area (Å²) in [7, 11) is -6.97. The maximum atomic E-state index is 13.7. The van der Waals surface area contributed by atoms with Crippen LogP contribution in [0.2, 0.25) is 0 Å². The zero-order valence-electron chi connectivity index (χ0n) is 20.8. The first-order chi connectivity index (χ1) is 17.0. The molecule has 4 rings (SSSR count). The SMILES string of the molecule is CC(C)S(=O)(=O)c1ccc(C(=O)N(CCN2CCOCC2)c2nc3c(S(C)(=O)=O)cccc3s2)cc1.Cl. The molecule has 37 heavy (non-hydrogen) atoms. The van der Waals surface area contributed by atoms with Gasteiger partial charge in [-0.05, 0) is 50.2 Å². The second kappa shape index (κ2) is 11.7. The molecule has 0 radical (unpaired) electrons. The molecule has 0 spiro atoms. The summed E-state index contributed by atoms with van der Waals surface area (Å²) in [5.41, 5.74) is 0.657. The number of anilines is 1. The number of carbonyl (C=O) groups is 1. The number of carbonyl (C=O) groups excluding carboxylic acids is 1. The monoisotopic (exact) mass is 587 g/mol. The zero-order valence-corrected chi connectivity index (χ0v) is 24.1. The molecule has 1 aromatic heterocycles. The minimum absolute atomic E-state index is 0. The van der Waals surface area contributed by atoms with E-state index in [9.17, 15) is 21.6 Å². The van der Waals surface area contributed by atoms with Gasteiger partial charge >= 0.3 is 0 Å². The minimum atomic E-state index is -3.51. The van der Waals surface area contributed by atoms with E-state index in [4.69, 9.17) is 4.74 Å². The summed E-state index contributed by atoms with van der Waals surface area (Å²) in [6, 6.07) is 10.9. The van der Waals surface area contributed by atoms with Gasteiger partial charge in [0.2, 0.25) is 0 Å². The van der Waals surface area contributed by atoms with Crippen molar-refractivity contribution in [1.29, 1.82) is 0 Å². The summed E-state index contributed by atoms with van der Waals surface area (Å²) in [5, 5.41) is -0.186. The molecule has 1 aliphatic rings. The largest absolute Gasteiger partial charge is 0.379 e. The molecule has 0 unspecified atom stereocenters. The van der Waals surface area contributed by atoms with Crippen molar-refractivity contribution < 1.29 is 26.4 Å². The van der Waals surface area contributed by atoms with Crippen LogP contribution < -0.4 is 4.90 Å². The van der Waals surface area contributed by atoms with Crippen molar-refractivity contribution in [3.63, 3.8) is 0 Å². The van der Waals surface area contributed by atoms with Crippen molar-refractivity contribution in [2.45, 2.75) is 28.9 Å². The predicted molar refractivity (Wildman–Crippen MR) is 148 cm³/mol. The Morgan fingerprint density at radius 1 is 1.08 bits per heavy atom. The van der Waals surface area contributed by atoms with Crippen LogP contribution in [0.25, 0.3) is 10.2 Å². The van der Waals surface area contributed by atoms with Gasteiger partial charge in [0.05, 0.1) is 33.0 Å². The Hall–Kier alpha value is -2.09. The van der Waals surface area contributed by atoms with Gasteiger partial charge in [0.15, 0.2) is 24.8 Å². The number of para-hydroxylation sites is 1. The second-order valence-corrected chi connectivity index (χ2v) is 14.4. The van der Waals surface area contributed by atoms with Crippen LogP contribution in [0.3, 0.4) is 0 Å². The van der Waals surface area contributed by atoms with Crippen LogP contribution in [-0.4, -0.2) is 83.5 Å². The molecular weight excluding hydrogens is 558 g/mol. The number of morpholine rings is 1. The number of thiazole rings is 1. The molecule has 1 fully saturated rings. The third-order valence-electron chi connectivity index (χ3n) is 6.04. The fourth-order valence-electron chi connectivity index (χ4n) is 3.89. The van der Waals surface area contributed by atoms with E-state index in [2.05, 4.69) is 9.88 Å². The zero-order chi connectivity index (χ0) is 26.1. The van der Waals surface area contributed by atoms with E-state index in [1.807, 2.05) is 0 Å². The average Bonchev–Trinajstić information content (AvgIpc) is 3.28. The minimum Gasteiger partial charge on any atom is -0.379 e. The number of ether oxygens (including phenoxy) is 1. The van der Waals surface area contributed by atoms with Gasteiger partial charge in [0.1, 0.15) is 5.52 Å². The highest BCUT2D eigenvalue weighted by atomic mass is 35.5. The molecule has 1 saturated heterocycles. The number of hydrogen-bond donors (Lipinski definition) is 0. The van der Waals surface area contributed by atoms with Gasteiger partial charge in [0.25, 0.3) is 5.91 Å². The second-order valence-electron chi connectivity index (χ2n) is 8.90. The topological polar surface area (TPSA) is 114 Å². The van der Waals surface area contributed by atoms with E-state index in [0.29, 0.717) is 47.2 Å². The number of halogens is 1. The molecule has 0 atom stereocenters. The summed E-state index contributed by atoms with van der Waals surface area (Å²) in [6.45, 7) is 6.89. The summed E-state index contributed by atoms with van der Waals surface area (Å²) in [5.74, 6) is -0.336. The summed E-state index contributed by atoms with van der Waals surface area (Å²) in [4.78, 5) is 22.2. The number of aromatic nitrogens is 1. The number of fused-ring (bicyclic) bond motifs is 1. The first-order valence-electron chi connectivity index (χ1n) is 11.5. The molecule has 13 heteroatoms. The first-order valence-corrected chi connectivity index (χ1v) is 15.8. The smallest absolute Gasteiger partial charge is 0.260 e. The van der Waals surface area contributed by atoms with Crippen LogP contribution in [-0.2, 0) is 24.4 Å². The molecule has 0 N–H and O–H groups in total. The van der Waals surface area contributed by atoms with E-state index in [0.717, 1.165) is 19.3 Å². The maximum absolute atomic E-state index is 13.7. The van der Waals surface area contributed by atoms with Crippen LogP contribution in [0, 0.1) is 0 Å². The van der Waals surface area contributed by atoms with Crippen LogP contribution in [0.5, 0.6) is 0 Å². The lowest BCUT2D eigenvalue weighted by atomic mass is 10.2. The van der Waals surface area contributed by atoms with Gasteiger partial charge in [-0.2, -0.15) is 0 Å². The Kier molecular flexibility index (Phi) is 9.36. The first kappa shape index (κ1) is 29.5. The Morgan fingerprint density at radius 3 is 2.32 bits per heavy atom. The molecule has 202 valence electrons. The van der Waals surface area contributed by atoms with Crippen LogP contribution in [0.1, 0.15) is 24.2 Å². The molecule has 2 heterocycles. The van der Waals surface area contributed by atoms with Gasteiger partial charge in [-0.25, -0.2) is 21.8 Å². The Balaban J connectivity index is 0.00000380. The predicted octanol–water partition coefficient (Wildman–Crippen LogP) is 3.28. The average molecular weight is 588 g/mol. The van der Waals surface area contributed by atoms with Gasteiger partial charge in [-0.3, -0.25) is 14.6 Å². The lowest BCUT2D eigenvalue weighted by Gasteiger charge is -2.29. The fraction of sp³-hybridized carbons (Fsp3) is 0.417. The highest BCUT2D eigenvalue weighted by molar-refractivity contribution is 7.92. The summed E-state index contributed by atoms with van der Waals surface area (Å²) >= 11 is 1.25. The molecular formula is C24H30ClN3O6S3. The molecule has 1 amide bonds. The van der Waals surface area contributed by atoms with Crippen molar-refractivity contribution in [3.8, 4) is 0 Å². The highest BCUT2D eigenvalue weighted by Crippen LogP contribution is 2.33. The quantitative estimate of drug-likeness (QED) is 0.394. The van der Waals surface area contributed by atoms with Crippen molar-refractivity contribution in [3.05, 3.63) is 48.0 Å². The maximum Gasteiger partial charge on any atom is 0.260 e. The van der Waals surface area contributed by atoms with E-state index in [-0.39, 0.29) is 28.1 Å². The molecule has 0 bridgehead atoms. The molecule has 0 aliphatic carbocycles. The fourth-order valence-corrected chi connectivity index (χ4v) is 6.87. The summed E-state index contributed by atoms with van der Waals surface area (Å²) < 4.78 is 55.6. The van der Waals surface area contributed by atoms with E-state index < -0.39 is 24.9 Å². The Morgan fingerprint density at radius 2 is 1.73 bits per heavy atom. The molecule has 2 aromatic carbocycles. The number of sulfone groups is 2. The highest BCUT2D eigenvalue weighted by Gasteiger charge is 2.26. The number of benzene rings is 2. The molecule has 3 aromatic rings. The van der Waals surface area contributed by atoms with Crippen molar-refractivity contribution in [2.75, 3.05) is 50.5 Å². The lowest BCUT2D eigenvalue weighted by molar-refractivity contribution is 0.0391. The molecule has 9 nitrogen and oxygen atoms in total. The molecule has 1 aliphatic heterocycles. The number of amides is 1. The van der Waals surface area contributed by atoms with E-state index in [1.54, 1.807) is 26.0 Å². The number of nitrogens with zero attached hydrogens (tertiary/aromatic N) is 3. The third-order valence-corrected chi connectivity index (χ3v) is 10.4. The van der Waals surface area contributed by atoms with Gasteiger partial charge in [0, 0.05) is 38.0 Å². The number of rotatable bonds is 8. The molecule has 0 saturated carbocycles. The van der Waals surface area contributed by atoms with Crippen LogP contribution in [0.15, 0.2) is 52.3 Å². The van der Waals surface area contributed by atoms with Gasteiger partial charge in [-0.1, -0.05) is 17.4 Å². The van der Waals surface area contributed by atoms with Crippen molar-refractivity contribution in [2.24, 2.45) is 0 Å². The van der Waals surface area contributed by atoms with Gasteiger partial charge in [-0.15, -0.1) is 12.4 Å². The van der Waals surface area contributed by atoms with Crippen molar-refractivity contribution in [1.82, 2.24) is 9.88 Å². The standard InChI is InChI=1S/C24H29N3O6S3.ClH/c1-17(2)36(31,32)19-9-7-18(8-10-19)23(28)27(12-11-26-13-15-33-16-14-26)24-25-22-20(34-24)5-4-6-21(22)35(3,29)30;/h4-10,17H,11-16H2,1-3H3;1H. The third kappa shape index (κ3) is 6.50. The van der Waals surface area contributed by atoms with E-state index >= 15 is 0 Å². The Labute approximate surface area is 227 Å². The van der Waals surface area contributed by atoms with Crippen LogP contribution in [0.4, 0.5) is 5.13 Å². The summed E-state index contributed by atoms with van der Waals surface area (Å²) in [6.07, 6.45) is 1.13.